The first-order chi connectivity index (χ1) is 7.80. The zero-order valence-electron chi connectivity index (χ0n) is 11.6. The molecule has 0 aromatic carbocycles. The van der Waals surface area contributed by atoms with Crippen molar-refractivity contribution in [2.75, 3.05) is 26.2 Å². The van der Waals surface area contributed by atoms with E-state index in [0.717, 1.165) is 6.54 Å². The molecule has 5 nitrogen and oxygen atoms in total. The normalized spacial score (nSPS) is 20.0. The second-order valence-electron chi connectivity index (χ2n) is 5.63. The van der Waals surface area contributed by atoms with E-state index in [1.165, 1.54) is 0 Å². The number of carbonyl (C=O) groups excluding carboxylic acids is 2. The first kappa shape index (κ1) is 17.2. The van der Waals surface area contributed by atoms with E-state index in [0.29, 0.717) is 19.1 Å². The van der Waals surface area contributed by atoms with Crippen LogP contribution in [-0.2, 0) is 9.59 Å². The van der Waals surface area contributed by atoms with Crippen molar-refractivity contribution in [2.45, 2.75) is 33.7 Å². The Morgan fingerprint density at radius 2 is 2.00 bits per heavy atom. The van der Waals surface area contributed by atoms with Gasteiger partial charge < -0.3 is 15.5 Å². The molecular formula is C12H24ClN3O2. The van der Waals surface area contributed by atoms with E-state index >= 15 is 0 Å². The van der Waals surface area contributed by atoms with E-state index < -0.39 is 5.41 Å². The van der Waals surface area contributed by atoms with Crippen LogP contribution >= 0.6 is 12.4 Å². The number of nitrogens with zero attached hydrogens (tertiary/aromatic N) is 1. The summed E-state index contributed by atoms with van der Waals surface area (Å²) in [6.45, 7) is 9.90. The van der Waals surface area contributed by atoms with Crippen LogP contribution in [0, 0.1) is 5.41 Å². The fourth-order valence-corrected chi connectivity index (χ4v) is 1.69. The molecule has 0 aliphatic carbocycles. The monoisotopic (exact) mass is 277 g/mol. The number of carbonyl (C=O) groups is 2. The lowest BCUT2D eigenvalue weighted by atomic mass is 9.96. The van der Waals surface area contributed by atoms with Gasteiger partial charge in [-0.2, -0.15) is 0 Å². The molecule has 0 aromatic rings. The Balaban J connectivity index is 0.00000289. The molecule has 1 aliphatic rings. The van der Waals surface area contributed by atoms with Crippen LogP contribution in [0.25, 0.3) is 0 Å². The number of nitrogens with one attached hydrogen (secondary N) is 2. The van der Waals surface area contributed by atoms with Crippen molar-refractivity contribution in [2.24, 2.45) is 5.41 Å². The average molecular weight is 278 g/mol. The van der Waals surface area contributed by atoms with Crippen LogP contribution in [0.1, 0.15) is 27.7 Å². The minimum absolute atomic E-state index is 0. The van der Waals surface area contributed by atoms with E-state index in [-0.39, 0.29) is 30.8 Å². The SMILES string of the molecule is CC1CN(C(=O)CNC(=O)C(C)(C)C)CCN1.Cl. The molecule has 0 aromatic heterocycles. The molecule has 1 saturated heterocycles. The zero-order valence-corrected chi connectivity index (χ0v) is 12.4. The molecule has 2 N–H and O–H groups in total. The molecule has 18 heavy (non-hydrogen) atoms. The number of hydrogen-bond donors (Lipinski definition) is 2. The topological polar surface area (TPSA) is 61.4 Å². The summed E-state index contributed by atoms with van der Waals surface area (Å²) >= 11 is 0. The third-order valence-corrected chi connectivity index (χ3v) is 2.80. The summed E-state index contributed by atoms with van der Waals surface area (Å²) in [6, 6.07) is 0.325. The number of rotatable bonds is 2. The van der Waals surface area contributed by atoms with Gasteiger partial charge in [0.25, 0.3) is 0 Å². The van der Waals surface area contributed by atoms with E-state index in [1.807, 2.05) is 27.7 Å². The van der Waals surface area contributed by atoms with Gasteiger partial charge in [0.15, 0.2) is 0 Å². The van der Waals surface area contributed by atoms with Crippen molar-refractivity contribution in [3.63, 3.8) is 0 Å². The largest absolute Gasteiger partial charge is 0.347 e. The Morgan fingerprint density at radius 1 is 1.39 bits per heavy atom. The third kappa shape index (κ3) is 5.23. The number of amides is 2. The van der Waals surface area contributed by atoms with Crippen LogP contribution < -0.4 is 10.6 Å². The Labute approximate surface area is 115 Å². The van der Waals surface area contributed by atoms with Gasteiger partial charge in [-0.1, -0.05) is 20.8 Å². The number of halogens is 1. The maximum absolute atomic E-state index is 11.9. The molecule has 0 radical (unpaired) electrons. The highest BCUT2D eigenvalue weighted by molar-refractivity contribution is 5.87. The van der Waals surface area contributed by atoms with Crippen LogP contribution in [0.4, 0.5) is 0 Å². The smallest absolute Gasteiger partial charge is 0.242 e. The van der Waals surface area contributed by atoms with E-state index in [2.05, 4.69) is 10.6 Å². The van der Waals surface area contributed by atoms with Crippen LogP contribution in [0.2, 0.25) is 0 Å². The van der Waals surface area contributed by atoms with E-state index in [4.69, 9.17) is 0 Å². The second kappa shape index (κ2) is 6.95. The minimum atomic E-state index is -0.447. The lowest BCUT2D eigenvalue weighted by Crippen LogP contribution is -2.53. The first-order valence-corrected chi connectivity index (χ1v) is 6.10. The molecule has 2 amide bonds. The van der Waals surface area contributed by atoms with Crippen LogP contribution in [0.15, 0.2) is 0 Å². The van der Waals surface area contributed by atoms with Crippen molar-refractivity contribution in [3.05, 3.63) is 0 Å². The fraction of sp³-hybridized carbons (Fsp3) is 0.833. The molecule has 0 saturated carbocycles. The average Bonchev–Trinajstić information content (AvgIpc) is 2.24. The number of piperazine rings is 1. The molecule has 1 fully saturated rings. The quantitative estimate of drug-likeness (QED) is 0.768. The van der Waals surface area contributed by atoms with Crippen molar-refractivity contribution in [1.82, 2.24) is 15.5 Å². The van der Waals surface area contributed by atoms with Gasteiger partial charge >= 0.3 is 0 Å². The molecule has 0 bridgehead atoms. The van der Waals surface area contributed by atoms with Crippen molar-refractivity contribution in [1.29, 1.82) is 0 Å². The van der Waals surface area contributed by atoms with Crippen molar-refractivity contribution in [3.8, 4) is 0 Å². The Hall–Kier alpha value is -0.810. The molecule has 1 atom stereocenters. The second-order valence-corrected chi connectivity index (χ2v) is 5.63. The highest BCUT2D eigenvalue weighted by atomic mass is 35.5. The molecule has 1 rings (SSSR count). The summed E-state index contributed by atoms with van der Waals surface area (Å²) < 4.78 is 0. The van der Waals surface area contributed by atoms with E-state index in [9.17, 15) is 9.59 Å². The third-order valence-electron chi connectivity index (χ3n) is 2.80. The van der Waals surface area contributed by atoms with Gasteiger partial charge in [0.05, 0.1) is 6.54 Å². The summed E-state index contributed by atoms with van der Waals surface area (Å²) in [5, 5.41) is 5.96. The Kier molecular flexibility index (Phi) is 6.63. The van der Waals surface area contributed by atoms with E-state index in [1.54, 1.807) is 4.90 Å². The minimum Gasteiger partial charge on any atom is -0.347 e. The van der Waals surface area contributed by atoms with Crippen LogP contribution in [0.3, 0.4) is 0 Å². The molecule has 1 heterocycles. The van der Waals surface area contributed by atoms with Crippen molar-refractivity contribution < 1.29 is 9.59 Å². The lowest BCUT2D eigenvalue weighted by molar-refractivity contribution is -0.135. The summed E-state index contributed by atoms with van der Waals surface area (Å²) in [4.78, 5) is 25.3. The highest BCUT2D eigenvalue weighted by Gasteiger charge is 2.24. The predicted molar refractivity (Wildman–Crippen MR) is 73.8 cm³/mol. The van der Waals surface area contributed by atoms with Gasteiger partial charge in [0.1, 0.15) is 0 Å². The van der Waals surface area contributed by atoms with Gasteiger partial charge in [-0.05, 0) is 6.92 Å². The fourth-order valence-electron chi connectivity index (χ4n) is 1.69. The maximum Gasteiger partial charge on any atom is 0.242 e. The summed E-state index contributed by atoms with van der Waals surface area (Å²) in [5.74, 6) is -0.0926. The molecule has 6 heteroatoms. The van der Waals surface area contributed by atoms with Gasteiger partial charge in [-0.25, -0.2) is 0 Å². The molecular weight excluding hydrogens is 254 g/mol. The lowest BCUT2D eigenvalue weighted by Gasteiger charge is -2.32. The standard InChI is InChI=1S/C12H23N3O2.ClH/c1-9-8-15(6-5-13-9)10(16)7-14-11(17)12(2,3)4;/h9,13H,5-8H2,1-4H3,(H,14,17);1H. The van der Waals surface area contributed by atoms with Crippen molar-refractivity contribution >= 4 is 24.2 Å². The molecule has 1 unspecified atom stereocenters. The first-order valence-electron chi connectivity index (χ1n) is 6.10. The Morgan fingerprint density at radius 3 is 2.50 bits per heavy atom. The summed E-state index contributed by atoms with van der Waals surface area (Å²) in [7, 11) is 0. The number of hydrogen-bond acceptors (Lipinski definition) is 3. The summed E-state index contributed by atoms with van der Waals surface area (Å²) in [5.41, 5.74) is -0.447. The van der Waals surface area contributed by atoms with Gasteiger partial charge in [0, 0.05) is 31.1 Å². The van der Waals surface area contributed by atoms with Gasteiger partial charge in [-0.3, -0.25) is 9.59 Å². The maximum atomic E-state index is 11.9. The zero-order chi connectivity index (χ0) is 13.1. The predicted octanol–water partition coefficient (Wildman–Crippen LogP) is 0.391. The van der Waals surface area contributed by atoms with Crippen LogP contribution in [-0.4, -0.2) is 48.9 Å². The highest BCUT2D eigenvalue weighted by Crippen LogP contribution is 2.12. The molecule has 1 aliphatic heterocycles. The summed E-state index contributed by atoms with van der Waals surface area (Å²) in [6.07, 6.45) is 0. The van der Waals surface area contributed by atoms with Crippen LogP contribution in [0.5, 0.6) is 0 Å². The molecule has 106 valence electrons. The Bertz CT molecular complexity index is 302. The van der Waals surface area contributed by atoms with Gasteiger partial charge in [0.2, 0.25) is 11.8 Å². The van der Waals surface area contributed by atoms with Gasteiger partial charge in [-0.15, -0.1) is 12.4 Å². The molecule has 0 spiro atoms.